The number of hydrogen-bond acceptors (Lipinski definition) is 4. The molecule has 1 aliphatic heterocycles. The average molecular weight is 384 g/mol. The van der Waals surface area contributed by atoms with Crippen molar-refractivity contribution in [2.24, 2.45) is 0 Å². The highest BCUT2D eigenvalue weighted by atomic mass is 32.2. The topological polar surface area (TPSA) is 74.8 Å². The first kappa shape index (κ1) is 18.8. The molecule has 1 aliphatic rings. The van der Waals surface area contributed by atoms with Crippen LogP contribution >= 0.6 is 0 Å². The highest BCUT2D eigenvalue weighted by molar-refractivity contribution is 7.91. The van der Waals surface area contributed by atoms with Gasteiger partial charge in [0.2, 0.25) is 5.91 Å². The molecular formula is C20H20N2O4S. The van der Waals surface area contributed by atoms with E-state index in [1.165, 1.54) is 15.9 Å². The summed E-state index contributed by atoms with van der Waals surface area (Å²) < 4.78 is 24.9. The van der Waals surface area contributed by atoms with E-state index >= 15 is 0 Å². The number of fused-ring (bicyclic) bond motifs is 1. The third-order valence-electron chi connectivity index (χ3n) is 4.59. The summed E-state index contributed by atoms with van der Waals surface area (Å²) in [5, 5.41) is 0. The lowest BCUT2D eigenvalue weighted by Crippen LogP contribution is -2.32. The fourth-order valence-corrected chi connectivity index (χ4v) is 4.51. The lowest BCUT2D eigenvalue weighted by Gasteiger charge is -2.21. The fourth-order valence-electron chi connectivity index (χ4n) is 3.01. The van der Waals surface area contributed by atoms with Crippen molar-refractivity contribution in [1.82, 2.24) is 4.90 Å². The highest BCUT2D eigenvalue weighted by Crippen LogP contribution is 2.24. The van der Waals surface area contributed by atoms with Gasteiger partial charge in [-0.2, -0.15) is 0 Å². The minimum atomic E-state index is -3.40. The predicted molar refractivity (Wildman–Crippen MR) is 103 cm³/mol. The van der Waals surface area contributed by atoms with Gasteiger partial charge in [-0.1, -0.05) is 24.8 Å². The fraction of sp³-hybridized carbons (Fsp3) is 0.200. The molecule has 0 saturated heterocycles. The quantitative estimate of drug-likeness (QED) is 0.761. The number of benzene rings is 2. The maximum atomic E-state index is 12.9. The number of amides is 2. The molecule has 0 bridgehead atoms. The first-order valence-electron chi connectivity index (χ1n) is 8.43. The minimum Gasteiger partial charge on any atom is -0.333 e. The van der Waals surface area contributed by atoms with Crippen LogP contribution in [0.2, 0.25) is 0 Å². The monoisotopic (exact) mass is 384 g/mol. The molecule has 2 aromatic rings. The molecule has 3 rings (SSSR count). The first-order chi connectivity index (χ1) is 12.8. The Morgan fingerprint density at radius 2 is 1.78 bits per heavy atom. The van der Waals surface area contributed by atoms with Crippen molar-refractivity contribution in [3.05, 3.63) is 72.3 Å². The van der Waals surface area contributed by atoms with Gasteiger partial charge in [-0.25, -0.2) is 8.42 Å². The second kappa shape index (κ2) is 7.36. The molecule has 0 atom stereocenters. The summed E-state index contributed by atoms with van der Waals surface area (Å²) >= 11 is 0. The Balaban J connectivity index is 1.84. The van der Waals surface area contributed by atoms with E-state index in [0.717, 1.165) is 0 Å². The van der Waals surface area contributed by atoms with Crippen LogP contribution in [0.1, 0.15) is 15.9 Å². The molecule has 0 aromatic heterocycles. The Morgan fingerprint density at radius 1 is 1.11 bits per heavy atom. The van der Waals surface area contributed by atoms with E-state index in [0.29, 0.717) is 21.7 Å². The Labute approximate surface area is 158 Å². The number of sulfone groups is 1. The van der Waals surface area contributed by atoms with Gasteiger partial charge in [0.25, 0.3) is 5.91 Å². The van der Waals surface area contributed by atoms with E-state index in [1.807, 2.05) is 0 Å². The van der Waals surface area contributed by atoms with Gasteiger partial charge in [0.1, 0.15) is 0 Å². The Bertz CT molecular complexity index is 997. The van der Waals surface area contributed by atoms with E-state index < -0.39 is 9.84 Å². The molecule has 140 valence electrons. The van der Waals surface area contributed by atoms with Crippen LogP contribution in [0.4, 0.5) is 5.69 Å². The lowest BCUT2D eigenvalue weighted by atomic mass is 10.1. The molecule has 0 fully saturated rings. The standard InChI is InChI=1S/C20H20N2O4S/c1-3-19(23)21(2)17-10-8-15(9-11-17)20(24)22-12-13-27(25,26)18-7-5-4-6-16(18)14-22/h3-11H,1,12-14H2,2H3. The van der Waals surface area contributed by atoms with Crippen LogP contribution in [0, 0.1) is 0 Å². The minimum absolute atomic E-state index is 0.107. The number of rotatable bonds is 3. The Kier molecular flexibility index (Phi) is 5.14. The normalized spacial score (nSPS) is 15.4. The van der Waals surface area contributed by atoms with Crippen molar-refractivity contribution in [2.45, 2.75) is 11.4 Å². The maximum Gasteiger partial charge on any atom is 0.254 e. The Morgan fingerprint density at radius 3 is 2.44 bits per heavy atom. The molecule has 7 heteroatoms. The van der Waals surface area contributed by atoms with Crippen LogP contribution in [0.15, 0.2) is 66.1 Å². The summed E-state index contributed by atoms with van der Waals surface area (Å²) in [6.07, 6.45) is 1.22. The van der Waals surface area contributed by atoms with E-state index in [4.69, 9.17) is 0 Å². The molecule has 27 heavy (non-hydrogen) atoms. The van der Waals surface area contributed by atoms with Crippen molar-refractivity contribution in [3.63, 3.8) is 0 Å². The zero-order chi connectivity index (χ0) is 19.6. The molecule has 0 radical (unpaired) electrons. The van der Waals surface area contributed by atoms with Crippen LogP contribution in [-0.4, -0.2) is 44.5 Å². The third-order valence-corrected chi connectivity index (χ3v) is 6.38. The van der Waals surface area contributed by atoms with Crippen LogP contribution in [-0.2, 0) is 21.2 Å². The molecule has 1 heterocycles. The number of carbonyl (C=O) groups is 2. The summed E-state index contributed by atoms with van der Waals surface area (Å²) in [5.74, 6) is -0.598. The molecule has 2 amide bonds. The SMILES string of the molecule is C=CC(=O)N(C)c1ccc(C(=O)N2CCS(=O)(=O)c3ccccc3C2)cc1. The molecule has 2 aromatic carbocycles. The van der Waals surface area contributed by atoms with Crippen LogP contribution in [0.3, 0.4) is 0 Å². The smallest absolute Gasteiger partial charge is 0.254 e. The van der Waals surface area contributed by atoms with E-state index in [1.54, 1.807) is 55.6 Å². The molecule has 0 unspecified atom stereocenters. The number of likely N-dealkylation sites (N-methyl/N-ethyl adjacent to an activating group) is 1. The molecule has 0 aliphatic carbocycles. The van der Waals surface area contributed by atoms with Gasteiger partial charge in [0, 0.05) is 31.4 Å². The zero-order valence-corrected chi connectivity index (χ0v) is 15.8. The van der Waals surface area contributed by atoms with Gasteiger partial charge in [0.05, 0.1) is 10.6 Å². The molecule has 6 nitrogen and oxygen atoms in total. The van der Waals surface area contributed by atoms with Gasteiger partial charge in [-0.3, -0.25) is 9.59 Å². The molecule has 0 N–H and O–H groups in total. The summed E-state index contributed by atoms with van der Waals surface area (Å²) in [5.41, 5.74) is 1.70. The van der Waals surface area contributed by atoms with Crippen molar-refractivity contribution >= 4 is 27.3 Å². The predicted octanol–water partition coefficient (Wildman–Crippen LogP) is 2.27. The zero-order valence-electron chi connectivity index (χ0n) is 15.0. The van der Waals surface area contributed by atoms with Gasteiger partial charge in [-0.15, -0.1) is 0 Å². The van der Waals surface area contributed by atoms with E-state index in [9.17, 15) is 18.0 Å². The average Bonchev–Trinajstić information content (AvgIpc) is 2.82. The van der Waals surface area contributed by atoms with Crippen molar-refractivity contribution in [1.29, 1.82) is 0 Å². The Hall–Kier alpha value is -2.93. The summed E-state index contributed by atoms with van der Waals surface area (Å²) in [6, 6.07) is 13.4. The van der Waals surface area contributed by atoms with Crippen molar-refractivity contribution < 1.29 is 18.0 Å². The summed E-state index contributed by atoms with van der Waals surface area (Å²) in [7, 11) is -1.78. The maximum absolute atomic E-state index is 12.9. The number of nitrogens with zero attached hydrogens (tertiary/aromatic N) is 2. The number of carbonyl (C=O) groups excluding carboxylic acids is 2. The van der Waals surface area contributed by atoms with E-state index in [2.05, 4.69) is 6.58 Å². The second-order valence-corrected chi connectivity index (χ2v) is 8.38. The number of anilines is 1. The molecule has 0 saturated carbocycles. The lowest BCUT2D eigenvalue weighted by molar-refractivity contribution is -0.113. The highest BCUT2D eigenvalue weighted by Gasteiger charge is 2.27. The van der Waals surface area contributed by atoms with Crippen LogP contribution in [0.25, 0.3) is 0 Å². The third kappa shape index (κ3) is 3.78. The van der Waals surface area contributed by atoms with Gasteiger partial charge in [0.15, 0.2) is 9.84 Å². The van der Waals surface area contributed by atoms with Crippen LogP contribution in [0.5, 0.6) is 0 Å². The number of hydrogen-bond donors (Lipinski definition) is 0. The second-order valence-electron chi connectivity index (χ2n) is 6.30. The van der Waals surface area contributed by atoms with Gasteiger partial charge >= 0.3 is 0 Å². The summed E-state index contributed by atoms with van der Waals surface area (Å²) in [6.45, 7) is 3.82. The van der Waals surface area contributed by atoms with Crippen LogP contribution < -0.4 is 4.90 Å². The van der Waals surface area contributed by atoms with Gasteiger partial charge < -0.3 is 9.80 Å². The molecular weight excluding hydrogens is 364 g/mol. The van der Waals surface area contributed by atoms with Gasteiger partial charge in [-0.05, 0) is 42.0 Å². The van der Waals surface area contributed by atoms with E-state index in [-0.39, 0.29) is 30.7 Å². The van der Waals surface area contributed by atoms with Crippen molar-refractivity contribution in [3.8, 4) is 0 Å². The molecule has 0 spiro atoms. The first-order valence-corrected chi connectivity index (χ1v) is 10.1. The summed E-state index contributed by atoms with van der Waals surface area (Å²) in [4.78, 5) is 27.8. The largest absolute Gasteiger partial charge is 0.333 e. The van der Waals surface area contributed by atoms with Crippen molar-refractivity contribution in [2.75, 3.05) is 24.2 Å².